The molecule has 0 aliphatic heterocycles. The molecule has 0 aliphatic carbocycles. The zero-order valence-electron chi connectivity index (χ0n) is 18.2. The van der Waals surface area contributed by atoms with E-state index in [2.05, 4.69) is 53.9 Å². The van der Waals surface area contributed by atoms with Crippen LogP contribution in [0, 0.1) is 0 Å². The lowest BCUT2D eigenvalue weighted by molar-refractivity contribution is 0.0697. The lowest BCUT2D eigenvalue weighted by Gasteiger charge is -2.12. The largest absolute Gasteiger partial charge is 0.490 e. The Hall–Kier alpha value is -2.36. The summed E-state index contributed by atoms with van der Waals surface area (Å²) in [4.78, 5) is 11.2. The summed E-state index contributed by atoms with van der Waals surface area (Å²) in [7, 11) is 0. The number of aromatic carboxylic acids is 1. The van der Waals surface area contributed by atoms with Crippen LogP contribution in [-0.2, 0) is 6.54 Å². The van der Waals surface area contributed by atoms with E-state index in [1.807, 2.05) is 31.2 Å². The molecule has 1 heterocycles. The molecular formula is C25H21Br3N2O4. The van der Waals surface area contributed by atoms with Crippen LogP contribution in [0.1, 0.15) is 23.7 Å². The first-order valence-electron chi connectivity index (χ1n) is 10.6. The summed E-state index contributed by atoms with van der Waals surface area (Å²) < 4.78 is 16.5. The second-order valence-corrected chi connectivity index (χ2v) is 10.0. The monoisotopic (exact) mass is 650 g/mol. The van der Waals surface area contributed by atoms with E-state index in [4.69, 9.17) is 19.7 Å². The number of carbonyl (C=O) groups is 1. The quantitative estimate of drug-likeness (QED) is 0.202. The Morgan fingerprint density at radius 2 is 1.74 bits per heavy atom. The molecule has 9 heteroatoms. The number of hydrogen-bond donors (Lipinski definition) is 1. The van der Waals surface area contributed by atoms with Crippen LogP contribution < -0.4 is 9.47 Å². The molecule has 0 bridgehead atoms. The van der Waals surface area contributed by atoms with Crippen LogP contribution in [-0.4, -0.2) is 34.1 Å². The molecule has 0 fully saturated rings. The summed E-state index contributed by atoms with van der Waals surface area (Å²) in [6, 6.07) is 16.7. The van der Waals surface area contributed by atoms with Crippen molar-refractivity contribution in [3.8, 4) is 22.9 Å². The van der Waals surface area contributed by atoms with E-state index in [1.165, 1.54) is 0 Å². The molecule has 0 amide bonds. The smallest absolute Gasteiger partial charge is 0.335 e. The molecule has 0 spiro atoms. The summed E-state index contributed by atoms with van der Waals surface area (Å²) in [5.74, 6) is 0.402. The van der Waals surface area contributed by atoms with Crippen LogP contribution in [0.3, 0.4) is 0 Å². The summed E-state index contributed by atoms with van der Waals surface area (Å²) >= 11 is 10.8. The third-order valence-corrected chi connectivity index (χ3v) is 7.17. The van der Waals surface area contributed by atoms with E-state index in [0.717, 1.165) is 41.9 Å². The second kappa shape index (κ2) is 10.9. The van der Waals surface area contributed by atoms with Crippen LogP contribution in [0.4, 0.5) is 0 Å². The van der Waals surface area contributed by atoms with Gasteiger partial charge in [-0.3, -0.25) is 0 Å². The first-order chi connectivity index (χ1) is 16.4. The number of carboxylic acids is 1. The molecule has 0 radical (unpaired) electrons. The van der Waals surface area contributed by atoms with Gasteiger partial charge in [0.15, 0.2) is 0 Å². The molecule has 1 N–H and O–H groups in total. The van der Waals surface area contributed by atoms with Crippen molar-refractivity contribution >= 4 is 64.5 Å². The van der Waals surface area contributed by atoms with Gasteiger partial charge in [0, 0.05) is 10.0 Å². The molecule has 0 saturated heterocycles. The normalized spacial score (nSPS) is 11.1. The number of halogens is 3. The Kier molecular flexibility index (Phi) is 7.95. The maximum atomic E-state index is 11.2. The topological polar surface area (TPSA) is 73.6 Å². The summed E-state index contributed by atoms with van der Waals surface area (Å²) in [6.07, 6.45) is 0.858. The highest BCUT2D eigenvalue weighted by Crippen LogP contribution is 2.37. The predicted octanol–water partition coefficient (Wildman–Crippen LogP) is 7.56. The molecule has 176 valence electrons. The van der Waals surface area contributed by atoms with E-state index in [1.54, 1.807) is 28.9 Å². The van der Waals surface area contributed by atoms with Gasteiger partial charge in [0.05, 0.1) is 23.2 Å². The molecule has 4 rings (SSSR count). The number of hydrogen-bond acceptors (Lipinski definition) is 4. The molecular weight excluding hydrogens is 632 g/mol. The number of carboxylic acid groups (broad SMARTS) is 1. The molecule has 1 aromatic heterocycles. The minimum atomic E-state index is -0.965. The number of rotatable bonds is 9. The zero-order chi connectivity index (χ0) is 24.2. The Labute approximate surface area is 222 Å². The summed E-state index contributed by atoms with van der Waals surface area (Å²) in [6.45, 7) is 3.44. The molecule has 0 aliphatic rings. The first kappa shape index (κ1) is 24.8. The average Bonchev–Trinajstić information content (AvgIpc) is 3.14. The number of ether oxygens (including phenoxy) is 2. The van der Waals surface area contributed by atoms with Crippen LogP contribution in [0.25, 0.3) is 22.0 Å². The van der Waals surface area contributed by atoms with Gasteiger partial charge in [0.25, 0.3) is 0 Å². The molecule has 0 unspecified atom stereocenters. The van der Waals surface area contributed by atoms with Crippen molar-refractivity contribution in [3.05, 3.63) is 73.6 Å². The van der Waals surface area contributed by atoms with E-state index in [0.29, 0.717) is 31.3 Å². The maximum Gasteiger partial charge on any atom is 0.335 e. The number of benzene rings is 3. The molecule has 3 aromatic carbocycles. The van der Waals surface area contributed by atoms with Crippen molar-refractivity contribution in [1.29, 1.82) is 0 Å². The van der Waals surface area contributed by atoms with E-state index < -0.39 is 5.97 Å². The Morgan fingerprint density at radius 3 is 2.44 bits per heavy atom. The minimum absolute atomic E-state index is 0.225. The first-order valence-corrected chi connectivity index (χ1v) is 13.0. The Morgan fingerprint density at radius 1 is 0.971 bits per heavy atom. The molecule has 34 heavy (non-hydrogen) atoms. The van der Waals surface area contributed by atoms with Crippen LogP contribution in [0.15, 0.2) is 68.0 Å². The van der Waals surface area contributed by atoms with Gasteiger partial charge in [-0.2, -0.15) is 5.10 Å². The third-order valence-electron chi connectivity index (χ3n) is 5.14. The summed E-state index contributed by atoms with van der Waals surface area (Å²) in [5.41, 5.74) is 1.70. The molecule has 0 saturated carbocycles. The zero-order valence-corrected chi connectivity index (χ0v) is 23.0. The SMILES string of the molecule is CCCOc1c(Br)c(-c2ccc(C(=O)O)cc2)nn1CCOc1ccc2cc(Br)ccc2c1Br. The second-order valence-electron chi connectivity index (χ2n) is 7.51. The van der Waals surface area contributed by atoms with Gasteiger partial charge in [0.1, 0.15) is 22.5 Å². The molecule has 6 nitrogen and oxygen atoms in total. The average molecular weight is 653 g/mol. The van der Waals surface area contributed by atoms with Gasteiger partial charge in [-0.15, -0.1) is 0 Å². The van der Waals surface area contributed by atoms with Crippen molar-refractivity contribution in [2.75, 3.05) is 13.2 Å². The van der Waals surface area contributed by atoms with Crippen LogP contribution >= 0.6 is 47.8 Å². The Bertz CT molecular complexity index is 1340. The third kappa shape index (κ3) is 5.31. The van der Waals surface area contributed by atoms with Crippen LogP contribution in [0.2, 0.25) is 0 Å². The van der Waals surface area contributed by atoms with E-state index in [9.17, 15) is 4.79 Å². The van der Waals surface area contributed by atoms with Crippen molar-refractivity contribution in [1.82, 2.24) is 9.78 Å². The number of nitrogens with zero attached hydrogens (tertiary/aromatic N) is 2. The highest BCUT2D eigenvalue weighted by atomic mass is 79.9. The van der Waals surface area contributed by atoms with Gasteiger partial charge >= 0.3 is 5.97 Å². The highest BCUT2D eigenvalue weighted by Gasteiger charge is 2.19. The van der Waals surface area contributed by atoms with Crippen molar-refractivity contribution in [3.63, 3.8) is 0 Å². The fraction of sp³-hybridized carbons (Fsp3) is 0.200. The van der Waals surface area contributed by atoms with Gasteiger partial charge in [-0.25, -0.2) is 9.48 Å². The van der Waals surface area contributed by atoms with Gasteiger partial charge < -0.3 is 14.6 Å². The summed E-state index contributed by atoms with van der Waals surface area (Å²) in [5, 5.41) is 16.1. The lowest BCUT2D eigenvalue weighted by Crippen LogP contribution is -2.12. The van der Waals surface area contributed by atoms with Gasteiger partial charge in [-0.1, -0.05) is 47.1 Å². The van der Waals surface area contributed by atoms with Gasteiger partial charge in [-0.05, 0) is 79.4 Å². The predicted molar refractivity (Wildman–Crippen MR) is 143 cm³/mol. The molecule has 0 atom stereocenters. The van der Waals surface area contributed by atoms with Crippen LogP contribution in [0.5, 0.6) is 11.6 Å². The highest BCUT2D eigenvalue weighted by molar-refractivity contribution is 9.11. The standard InChI is InChI=1S/C25H21Br3N2O4/c1-2-12-34-24-22(28)23(15-3-5-16(6-4-15)25(31)32)29-30(24)11-13-33-20-10-7-17-14-18(26)8-9-19(17)21(20)27/h3-10,14H,2,11-13H2,1H3,(H,31,32). The van der Waals surface area contributed by atoms with Crippen molar-refractivity contribution < 1.29 is 19.4 Å². The maximum absolute atomic E-state index is 11.2. The lowest BCUT2D eigenvalue weighted by atomic mass is 10.1. The Balaban J connectivity index is 1.55. The van der Waals surface area contributed by atoms with Crippen molar-refractivity contribution in [2.24, 2.45) is 0 Å². The fourth-order valence-corrected chi connectivity index (χ4v) is 5.08. The van der Waals surface area contributed by atoms with Crippen molar-refractivity contribution in [2.45, 2.75) is 19.9 Å². The van der Waals surface area contributed by atoms with E-state index >= 15 is 0 Å². The number of fused-ring (bicyclic) bond motifs is 1. The van der Waals surface area contributed by atoms with E-state index in [-0.39, 0.29) is 5.56 Å². The van der Waals surface area contributed by atoms with Gasteiger partial charge in [0.2, 0.25) is 5.88 Å². The molecule has 4 aromatic rings. The fourth-order valence-electron chi connectivity index (χ4n) is 3.46. The number of aromatic nitrogens is 2. The minimum Gasteiger partial charge on any atom is -0.490 e.